The van der Waals surface area contributed by atoms with Crippen LogP contribution in [0.4, 0.5) is 11.6 Å². The summed E-state index contributed by atoms with van der Waals surface area (Å²) in [6.45, 7) is 13.6. The third-order valence-electron chi connectivity index (χ3n) is 7.81. The Morgan fingerprint density at radius 2 is 1.02 bits per heavy atom. The summed E-state index contributed by atoms with van der Waals surface area (Å²) in [6.07, 6.45) is 3.44. The Bertz CT molecular complexity index is 1930. The molecule has 2 heterocycles. The van der Waals surface area contributed by atoms with E-state index in [1.807, 2.05) is 81.6 Å². The molecule has 0 unspecified atom stereocenters. The zero-order valence-electron chi connectivity index (χ0n) is 29.4. The number of aryl methyl sites for hydroxylation is 6. The van der Waals surface area contributed by atoms with Gasteiger partial charge in [-0.25, -0.2) is 19.9 Å². The number of anilines is 2. The summed E-state index contributed by atoms with van der Waals surface area (Å²) in [5, 5.41) is 24.9. The predicted octanol–water partition coefficient (Wildman–Crippen LogP) is 7.71. The maximum absolute atomic E-state index is 9.03. The molecule has 4 aromatic carbocycles. The number of halogens is 1. The average Bonchev–Trinajstić information content (AvgIpc) is 3.07. The van der Waals surface area contributed by atoms with Crippen LogP contribution in [-0.2, 0) is 13.1 Å². The Morgan fingerprint density at radius 1 is 0.580 bits per heavy atom. The van der Waals surface area contributed by atoms with Crippen LogP contribution in [0.1, 0.15) is 44.5 Å². The van der Waals surface area contributed by atoms with Gasteiger partial charge in [0.2, 0.25) is 5.28 Å². The first-order valence-electron chi connectivity index (χ1n) is 16.4. The van der Waals surface area contributed by atoms with Crippen molar-refractivity contribution in [2.24, 2.45) is 0 Å². The van der Waals surface area contributed by atoms with E-state index in [4.69, 9.17) is 21.6 Å². The number of nitrogens with one attached hydrogen (secondary N) is 2. The van der Waals surface area contributed by atoms with Crippen LogP contribution < -0.4 is 16.1 Å². The molecule has 0 amide bonds. The zero-order valence-corrected chi connectivity index (χ0v) is 30.2. The number of hydrogen-bond donors (Lipinski definition) is 4. The van der Waals surface area contributed by atoms with Gasteiger partial charge in [0, 0.05) is 31.0 Å². The van der Waals surface area contributed by atoms with E-state index in [2.05, 4.69) is 87.7 Å². The molecule has 6 rings (SSSR count). The molecule has 10 heteroatoms. The minimum absolute atomic E-state index is 0.257. The summed E-state index contributed by atoms with van der Waals surface area (Å²) in [4.78, 5) is 17.0. The summed E-state index contributed by atoms with van der Waals surface area (Å²) >= 11 is 5.66. The number of benzene rings is 4. The quantitative estimate of drug-likeness (QED) is 0.0951. The van der Waals surface area contributed by atoms with Crippen LogP contribution >= 0.6 is 11.6 Å². The number of nitrogens with zero attached hydrogens (tertiary/aromatic N) is 4. The van der Waals surface area contributed by atoms with Gasteiger partial charge in [-0.2, -0.15) is 0 Å². The Kier molecular flexibility index (Phi) is 14.0. The second-order valence-electron chi connectivity index (χ2n) is 12.1. The lowest BCUT2D eigenvalue weighted by Gasteiger charge is -2.12. The molecule has 0 aliphatic heterocycles. The smallest absolute Gasteiger partial charge is 0.423 e. The van der Waals surface area contributed by atoms with E-state index in [0.29, 0.717) is 5.46 Å². The van der Waals surface area contributed by atoms with Crippen molar-refractivity contribution >= 4 is 35.8 Å². The van der Waals surface area contributed by atoms with E-state index in [1.54, 1.807) is 12.3 Å². The van der Waals surface area contributed by atoms with Crippen LogP contribution in [0.2, 0.25) is 5.28 Å². The van der Waals surface area contributed by atoms with E-state index < -0.39 is 7.12 Å². The maximum Gasteiger partial charge on any atom is 0.488 e. The minimum Gasteiger partial charge on any atom is -0.423 e. The van der Waals surface area contributed by atoms with E-state index >= 15 is 0 Å². The standard InChI is InChI=1S/C20H21N3.C11H10ClN3.C9H13BO2/c1-14-11-15(2)19(16(3)12-14)20-21-10-9-18(23-20)22-13-17-7-5-4-6-8-17;12-11-13-7-6-10(15-11)14-8-9-4-2-1-3-5-9;1-6-4-7(2)9(10(11)12)8(3)5-6/h4-12H,13H2,1-3H3,(H,21,22,23);1-7H,8H2,(H,13,14,15);4-5,11-12H,1-3H3. The monoisotopic (exact) mass is 686 g/mol. The fraction of sp³-hybridized carbons (Fsp3) is 0.200. The molecule has 0 spiro atoms. The lowest BCUT2D eigenvalue weighted by Crippen LogP contribution is -2.34. The Hall–Kier alpha value is -5.09. The Balaban J connectivity index is 0.000000180. The fourth-order valence-corrected chi connectivity index (χ4v) is 5.87. The Labute approximate surface area is 300 Å². The number of hydrogen-bond acceptors (Lipinski definition) is 8. The van der Waals surface area contributed by atoms with Crippen molar-refractivity contribution in [2.75, 3.05) is 10.6 Å². The van der Waals surface area contributed by atoms with Crippen LogP contribution in [0, 0.1) is 41.5 Å². The average molecular weight is 687 g/mol. The van der Waals surface area contributed by atoms with E-state index in [1.165, 1.54) is 27.8 Å². The SMILES string of the molecule is Cc1cc(C)c(-c2nccc(NCc3ccccc3)n2)c(C)c1.Cc1cc(C)c(B(O)O)c(C)c1.Clc1nccc(NCc2ccccc2)n1. The first-order valence-corrected chi connectivity index (χ1v) is 16.8. The molecule has 4 N–H and O–H groups in total. The first-order chi connectivity index (χ1) is 24.0. The highest BCUT2D eigenvalue weighted by molar-refractivity contribution is 6.59. The van der Waals surface area contributed by atoms with Crippen molar-refractivity contribution in [2.45, 2.75) is 54.6 Å². The lowest BCUT2D eigenvalue weighted by atomic mass is 9.74. The summed E-state index contributed by atoms with van der Waals surface area (Å²) in [7, 11) is -1.36. The van der Waals surface area contributed by atoms with Gasteiger partial charge in [-0.05, 0) is 93.0 Å². The van der Waals surface area contributed by atoms with Gasteiger partial charge in [-0.1, -0.05) is 107 Å². The van der Waals surface area contributed by atoms with Gasteiger partial charge in [0.15, 0.2) is 5.82 Å². The number of aromatic nitrogens is 4. The largest absolute Gasteiger partial charge is 0.488 e. The van der Waals surface area contributed by atoms with Gasteiger partial charge in [-0.3, -0.25) is 0 Å². The molecule has 0 saturated carbocycles. The van der Waals surface area contributed by atoms with Crippen LogP contribution in [0.25, 0.3) is 11.4 Å². The fourth-order valence-electron chi connectivity index (χ4n) is 5.72. The molecule has 0 bridgehead atoms. The van der Waals surface area contributed by atoms with Crippen molar-refractivity contribution in [3.63, 3.8) is 0 Å². The van der Waals surface area contributed by atoms with E-state index in [-0.39, 0.29) is 5.28 Å². The second kappa shape index (κ2) is 18.6. The molecular weight excluding hydrogens is 643 g/mol. The topological polar surface area (TPSA) is 116 Å². The maximum atomic E-state index is 9.03. The molecule has 256 valence electrons. The minimum atomic E-state index is -1.36. The van der Waals surface area contributed by atoms with E-state index in [9.17, 15) is 0 Å². The number of rotatable bonds is 8. The molecule has 0 fully saturated rings. The molecule has 2 aromatic heterocycles. The third kappa shape index (κ3) is 11.5. The molecule has 0 radical (unpaired) electrons. The highest BCUT2D eigenvalue weighted by Gasteiger charge is 2.16. The summed E-state index contributed by atoms with van der Waals surface area (Å²) in [5.41, 5.74) is 10.9. The van der Waals surface area contributed by atoms with Gasteiger partial charge >= 0.3 is 7.12 Å². The highest BCUT2D eigenvalue weighted by Crippen LogP contribution is 2.26. The van der Waals surface area contributed by atoms with Crippen LogP contribution in [-0.4, -0.2) is 37.1 Å². The van der Waals surface area contributed by atoms with Crippen molar-refractivity contribution < 1.29 is 10.0 Å². The zero-order chi connectivity index (χ0) is 36.0. The van der Waals surface area contributed by atoms with Gasteiger partial charge in [0.05, 0.1) is 0 Å². The molecule has 6 aromatic rings. The molecule has 0 aliphatic carbocycles. The molecule has 0 atom stereocenters. The van der Waals surface area contributed by atoms with Crippen molar-refractivity contribution in [3.05, 3.63) is 159 Å². The summed E-state index contributed by atoms with van der Waals surface area (Å²) in [5.74, 6) is 2.36. The summed E-state index contributed by atoms with van der Waals surface area (Å²) < 4.78 is 0. The summed E-state index contributed by atoms with van der Waals surface area (Å²) in [6, 6.07) is 32.4. The van der Waals surface area contributed by atoms with Crippen molar-refractivity contribution in [1.29, 1.82) is 0 Å². The molecular formula is C40H44BClN6O2. The lowest BCUT2D eigenvalue weighted by molar-refractivity contribution is 0.425. The first kappa shape index (κ1) is 37.7. The molecule has 0 aliphatic rings. The highest BCUT2D eigenvalue weighted by atomic mass is 35.5. The van der Waals surface area contributed by atoms with Crippen LogP contribution in [0.5, 0.6) is 0 Å². The van der Waals surface area contributed by atoms with Gasteiger partial charge in [0.25, 0.3) is 0 Å². The van der Waals surface area contributed by atoms with E-state index in [0.717, 1.165) is 52.8 Å². The van der Waals surface area contributed by atoms with Crippen LogP contribution in [0.15, 0.2) is 109 Å². The molecule has 8 nitrogen and oxygen atoms in total. The molecule has 0 saturated heterocycles. The Morgan fingerprint density at radius 3 is 1.48 bits per heavy atom. The van der Waals surface area contributed by atoms with Crippen LogP contribution in [0.3, 0.4) is 0 Å². The normalized spacial score (nSPS) is 10.3. The van der Waals surface area contributed by atoms with Gasteiger partial charge < -0.3 is 20.7 Å². The van der Waals surface area contributed by atoms with Crippen molar-refractivity contribution in [1.82, 2.24) is 19.9 Å². The van der Waals surface area contributed by atoms with Gasteiger partial charge in [-0.15, -0.1) is 0 Å². The van der Waals surface area contributed by atoms with Gasteiger partial charge in [0.1, 0.15) is 11.6 Å². The second-order valence-corrected chi connectivity index (χ2v) is 12.5. The third-order valence-corrected chi connectivity index (χ3v) is 7.99. The molecule has 50 heavy (non-hydrogen) atoms. The predicted molar refractivity (Wildman–Crippen MR) is 207 cm³/mol. The van der Waals surface area contributed by atoms with Crippen molar-refractivity contribution in [3.8, 4) is 11.4 Å².